The number of unbranched alkanes of at least 4 members (excludes halogenated alkanes) is 1. The maximum absolute atomic E-state index is 12.8. The van der Waals surface area contributed by atoms with Crippen molar-refractivity contribution < 1.29 is 4.79 Å². The van der Waals surface area contributed by atoms with Gasteiger partial charge in [-0.05, 0) is 43.5 Å². The van der Waals surface area contributed by atoms with Crippen LogP contribution in [0.2, 0.25) is 10.0 Å². The van der Waals surface area contributed by atoms with Crippen molar-refractivity contribution in [3.05, 3.63) is 94.0 Å². The summed E-state index contributed by atoms with van der Waals surface area (Å²) in [7, 11) is 0. The summed E-state index contributed by atoms with van der Waals surface area (Å²) in [6.07, 6.45) is 2.34. The number of nitrogens with zero attached hydrogens (tertiary/aromatic N) is 5. The molecule has 3 aromatic carbocycles. The fourth-order valence-electron chi connectivity index (χ4n) is 4.81. The molecule has 0 saturated carbocycles. The Morgan fingerprint density at radius 1 is 0.875 bits per heavy atom. The predicted molar refractivity (Wildman–Crippen MR) is 164 cm³/mol. The van der Waals surface area contributed by atoms with E-state index in [0.717, 1.165) is 73.5 Å². The van der Waals surface area contributed by atoms with Crippen molar-refractivity contribution in [1.29, 1.82) is 0 Å². The molecule has 1 amide bonds. The largest absolute Gasteiger partial charge is 0.340 e. The second-order valence-corrected chi connectivity index (χ2v) is 11.9. The Kier molecular flexibility index (Phi) is 9.81. The molecule has 0 N–H and O–H groups in total. The van der Waals surface area contributed by atoms with Crippen LogP contribution in [0, 0.1) is 6.92 Å². The van der Waals surface area contributed by atoms with Gasteiger partial charge in [-0.3, -0.25) is 14.3 Å². The standard InChI is InChI=1S/C31H33Cl2N5OS/c1-23-10-12-25(13-11-23)30-34-35-31(38(30)26-14-15-27(32)28(33)21-26)40-20-6-5-9-29(39)37-18-16-36(17-19-37)22-24-7-3-2-4-8-24/h2-4,7-8,10-15,21H,5-6,9,16-20,22H2,1H3. The first-order chi connectivity index (χ1) is 19.5. The van der Waals surface area contributed by atoms with Crippen molar-refractivity contribution in [1.82, 2.24) is 24.6 Å². The van der Waals surface area contributed by atoms with Gasteiger partial charge in [-0.15, -0.1) is 10.2 Å². The van der Waals surface area contributed by atoms with Crippen LogP contribution in [0.5, 0.6) is 0 Å². The van der Waals surface area contributed by atoms with Crippen molar-refractivity contribution in [3.63, 3.8) is 0 Å². The van der Waals surface area contributed by atoms with Crippen LogP contribution in [-0.2, 0) is 11.3 Å². The first-order valence-electron chi connectivity index (χ1n) is 13.6. The van der Waals surface area contributed by atoms with Crippen LogP contribution in [0.4, 0.5) is 0 Å². The number of hydrogen-bond acceptors (Lipinski definition) is 5. The lowest BCUT2D eigenvalue weighted by atomic mass is 10.1. The summed E-state index contributed by atoms with van der Waals surface area (Å²) in [6, 6.07) is 24.3. The summed E-state index contributed by atoms with van der Waals surface area (Å²) in [5.74, 6) is 1.85. The van der Waals surface area contributed by atoms with E-state index in [4.69, 9.17) is 23.2 Å². The normalized spacial score (nSPS) is 14.0. The van der Waals surface area contributed by atoms with Gasteiger partial charge in [0.1, 0.15) is 0 Å². The van der Waals surface area contributed by atoms with Crippen LogP contribution >= 0.6 is 35.0 Å². The van der Waals surface area contributed by atoms with Crippen LogP contribution in [-0.4, -0.2) is 62.4 Å². The number of carbonyl (C=O) groups is 1. The fraction of sp³-hybridized carbons (Fsp3) is 0.323. The smallest absolute Gasteiger partial charge is 0.222 e. The fourth-order valence-corrected chi connectivity index (χ4v) is 6.05. The van der Waals surface area contributed by atoms with Gasteiger partial charge in [0.15, 0.2) is 11.0 Å². The first-order valence-corrected chi connectivity index (χ1v) is 15.4. The van der Waals surface area contributed by atoms with E-state index < -0.39 is 0 Å². The molecule has 0 spiro atoms. The molecule has 1 aliphatic rings. The summed E-state index contributed by atoms with van der Waals surface area (Å²) in [5, 5.41) is 10.8. The highest BCUT2D eigenvalue weighted by Gasteiger charge is 2.21. The average Bonchev–Trinajstić information content (AvgIpc) is 3.39. The van der Waals surface area contributed by atoms with E-state index in [2.05, 4.69) is 70.6 Å². The monoisotopic (exact) mass is 593 g/mol. The number of thioether (sulfide) groups is 1. The quantitative estimate of drug-likeness (QED) is 0.144. The third kappa shape index (κ3) is 7.26. The van der Waals surface area contributed by atoms with Crippen molar-refractivity contribution >= 4 is 40.9 Å². The Morgan fingerprint density at radius 2 is 1.62 bits per heavy atom. The molecule has 1 aliphatic heterocycles. The number of amides is 1. The van der Waals surface area contributed by atoms with Crippen LogP contribution in [0.3, 0.4) is 0 Å². The summed E-state index contributed by atoms with van der Waals surface area (Å²) < 4.78 is 2.03. The number of benzene rings is 3. The zero-order valence-corrected chi connectivity index (χ0v) is 24.9. The zero-order valence-electron chi connectivity index (χ0n) is 22.6. The van der Waals surface area contributed by atoms with E-state index in [0.29, 0.717) is 16.5 Å². The van der Waals surface area contributed by atoms with E-state index in [-0.39, 0.29) is 5.91 Å². The zero-order chi connectivity index (χ0) is 27.9. The number of halogens is 2. The van der Waals surface area contributed by atoms with Gasteiger partial charge in [0.2, 0.25) is 5.91 Å². The highest BCUT2D eigenvalue weighted by atomic mass is 35.5. The average molecular weight is 595 g/mol. The molecule has 2 heterocycles. The minimum absolute atomic E-state index is 0.255. The van der Waals surface area contributed by atoms with Gasteiger partial charge >= 0.3 is 0 Å². The maximum Gasteiger partial charge on any atom is 0.222 e. The summed E-state index contributed by atoms with van der Waals surface area (Å²) >= 11 is 14.2. The molecule has 9 heteroatoms. The number of piperazine rings is 1. The SMILES string of the molecule is Cc1ccc(-c2nnc(SCCCCC(=O)N3CCN(Cc4ccccc4)CC3)n2-c2ccc(Cl)c(Cl)c2)cc1. The van der Waals surface area contributed by atoms with Gasteiger partial charge in [0, 0.05) is 50.5 Å². The molecule has 1 saturated heterocycles. The molecule has 5 rings (SSSR count). The van der Waals surface area contributed by atoms with Gasteiger partial charge in [-0.25, -0.2) is 0 Å². The van der Waals surface area contributed by atoms with E-state index in [9.17, 15) is 4.79 Å². The third-order valence-electron chi connectivity index (χ3n) is 7.09. The number of hydrogen-bond donors (Lipinski definition) is 0. The van der Waals surface area contributed by atoms with Gasteiger partial charge in [0.05, 0.1) is 15.7 Å². The van der Waals surface area contributed by atoms with Gasteiger partial charge in [0.25, 0.3) is 0 Å². The topological polar surface area (TPSA) is 54.3 Å². The minimum atomic E-state index is 0.255. The van der Waals surface area contributed by atoms with Crippen molar-refractivity contribution in [2.24, 2.45) is 0 Å². The Hall–Kier alpha value is -2.84. The van der Waals surface area contributed by atoms with Crippen LogP contribution in [0.25, 0.3) is 17.1 Å². The van der Waals surface area contributed by atoms with Crippen molar-refractivity contribution in [2.45, 2.75) is 37.9 Å². The lowest BCUT2D eigenvalue weighted by Gasteiger charge is -2.34. The van der Waals surface area contributed by atoms with Crippen LogP contribution in [0.15, 0.2) is 78.0 Å². The van der Waals surface area contributed by atoms with E-state index >= 15 is 0 Å². The Labute approximate surface area is 250 Å². The summed E-state index contributed by atoms with van der Waals surface area (Å²) in [4.78, 5) is 17.3. The molecule has 208 valence electrons. The maximum atomic E-state index is 12.8. The Bertz CT molecular complexity index is 1420. The third-order valence-corrected chi connectivity index (χ3v) is 8.85. The van der Waals surface area contributed by atoms with E-state index in [1.54, 1.807) is 17.8 Å². The molecular weight excluding hydrogens is 561 g/mol. The van der Waals surface area contributed by atoms with Crippen molar-refractivity contribution in [2.75, 3.05) is 31.9 Å². The second-order valence-electron chi connectivity index (χ2n) is 10.1. The molecule has 0 radical (unpaired) electrons. The highest BCUT2D eigenvalue weighted by Crippen LogP contribution is 2.32. The van der Waals surface area contributed by atoms with Gasteiger partial charge in [-0.2, -0.15) is 0 Å². The van der Waals surface area contributed by atoms with Crippen LogP contribution in [0.1, 0.15) is 30.4 Å². The van der Waals surface area contributed by atoms with Gasteiger partial charge in [-0.1, -0.05) is 95.1 Å². The molecule has 0 bridgehead atoms. The predicted octanol–water partition coefficient (Wildman–Crippen LogP) is 7.16. The highest BCUT2D eigenvalue weighted by molar-refractivity contribution is 7.99. The molecule has 40 heavy (non-hydrogen) atoms. The number of rotatable bonds is 10. The number of carbonyl (C=O) groups excluding carboxylic acids is 1. The minimum Gasteiger partial charge on any atom is -0.340 e. The lowest BCUT2D eigenvalue weighted by Crippen LogP contribution is -2.48. The first kappa shape index (κ1) is 28.7. The Balaban J connectivity index is 1.14. The molecule has 1 fully saturated rings. The second kappa shape index (κ2) is 13.7. The van der Waals surface area contributed by atoms with E-state index in [1.165, 1.54) is 11.1 Å². The number of aromatic nitrogens is 3. The molecule has 0 atom stereocenters. The van der Waals surface area contributed by atoms with Crippen LogP contribution < -0.4 is 0 Å². The lowest BCUT2D eigenvalue weighted by molar-refractivity contribution is -0.133. The molecule has 0 aliphatic carbocycles. The van der Waals surface area contributed by atoms with E-state index in [1.807, 2.05) is 27.7 Å². The molecule has 6 nitrogen and oxygen atoms in total. The van der Waals surface area contributed by atoms with Crippen molar-refractivity contribution in [3.8, 4) is 17.1 Å². The summed E-state index contributed by atoms with van der Waals surface area (Å²) in [5.41, 5.74) is 4.34. The molecule has 4 aromatic rings. The molecular formula is C31H33Cl2N5OS. The van der Waals surface area contributed by atoms with Gasteiger partial charge < -0.3 is 4.90 Å². The molecule has 1 aromatic heterocycles. The molecule has 0 unspecified atom stereocenters. The Morgan fingerprint density at radius 3 is 2.35 bits per heavy atom. The number of aryl methyl sites for hydroxylation is 1. The summed E-state index contributed by atoms with van der Waals surface area (Å²) in [6.45, 7) is 6.45.